The van der Waals surface area contributed by atoms with Crippen LogP contribution >= 0.6 is 11.8 Å². The molecule has 632 valence electrons. The van der Waals surface area contributed by atoms with E-state index in [2.05, 4.69) is 57.5 Å². The van der Waals surface area contributed by atoms with Crippen LogP contribution in [-0.2, 0) is 91.2 Å². The standard InChI is InChI=1S/C76H114N20O18S/c1-46(2)32-59(76(114)96(45-115-8)49(6)69(78)107)88-74(112)60(35-53-37-79-44-82-53)90(7)64(100)38-81-75(113)68(47(3)4)89-70(108)48(5)83-72(110)58(34-51-36-80-55-17-13-12-16-54(51)55)87-71(109)56(18-19-61(77)97)86-73(111)57(33-50-14-10-9-11-15-50)85-63(99)40-91-22-20-52(21-23-91)84-62(98)39-92-24-26-93(41-65(101)102)28-30-95(43-67(105)106)31-29-94(27-25-92)42-66(103)104/h9-17,36-37,44,46-49,52,56-60,68,80H,18-35,38-43,45H2,1-8H3,(H2,77,97)(H2,78,107)(H,79,82)(H,81,113)(H,83,110)(H,84,98)(H,85,99)(H,86,111)(H,87,109)(H,88,112)(H,89,108)(H,101,102)(H,103,104)(H,105,106)/t48-,49-,56-,57+,58-,59-,60-,68-/m0/s1. The summed E-state index contributed by atoms with van der Waals surface area (Å²) in [6.45, 7) is 10.4. The number of hydrogen-bond acceptors (Lipinski definition) is 22. The third-order valence-corrected chi connectivity index (χ3v) is 20.5. The first-order chi connectivity index (χ1) is 54.6. The lowest BCUT2D eigenvalue weighted by molar-refractivity contribution is -0.143. The number of piperidine rings is 1. The SMILES string of the molecule is CSCN(C(=O)[C@H](CC(C)C)NC(=O)[C@H](Cc1cnc[nH]1)N(C)C(=O)CNC(=O)[C@@H](NC(=O)[C@H](C)NC(=O)[C@H](Cc1c[nH]c2ccccc12)NC(=O)[C@H](CCC(N)=O)NC(=O)[C@@H](Cc1ccccc1)NC(=O)CN1CCC(NC(=O)CN2CCN(CC(=O)O)CCN(CC(=O)O)CCN(CC(=O)O)CC2)CC1)C(C)C)[C@@H](C)C(N)=O. The summed E-state index contributed by atoms with van der Waals surface area (Å²) in [7, 11) is 1.34. The summed E-state index contributed by atoms with van der Waals surface area (Å²) in [6.07, 6.45) is 6.11. The van der Waals surface area contributed by atoms with Crippen LogP contribution in [0.5, 0.6) is 0 Å². The Morgan fingerprint density at radius 1 is 0.574 bits per heavy atom. The number of carbonyl (C=O) groups excluding carboxylic acids is 12. The molecular formula is C76H114N20O18S. The number of primary amides is 2. The molecule has 0 aliphatic carbocycles. The van der Waals surface area contributed by atoms with Crippen LogP contribution in [-0.4, -0.2) is 332 Å². The van der Waals surface area contributed by atoms with Crippen molar-refractivity contribution in [2.45, 2.75) is 147 Å². The van der Waals surface area contributed by atoms with Crippen molar-refractivity contribution in [3.63, 3.8) is 0 Å². The molecule has 0 spiro atoms. The largest absolute Gasteiger partial charge is 0.480 e. The Morgan fingerprint density at radius 2 is 1.10 bits per heavy atom. The van der Waals surface area contributed by atoms with E-state index in [4.69, 9.17) is 11.5 Å². The number of nitrogens with two attached hydrogens (primary N) is 2. The van der Waals surface area contributed by atoms with Gasteiger partial charge in [0.25, 0.3) is 0 Å². The minimum atomic E-state index is -1.55. The fourth-order valence-electron chi connectivity index (χ4n) is 13.4. The molecule has 6 rings (SSSR count). The quantitative estimate of drug-likeness (QED) is 0.0195. The Hall–Kier alpha value is -10.6. The highest BCUT2D eigenvalue weighted by atomic mass is 32.2. The summed E-state index contributed by atoms with van der Waals surface area (Å²) in [5.41, 5.74) is 13.6. The van der Waals surface area contributed by atoms with E-state index in [0.29, 0.717) is 53.7 Å². The molecule has 0 radical (unpaired) electrons. The number of nitrogens with zero attached hydrogens (tertiary/aromatic N) is 8. The normalized spacial score (nSPS) is 16.6. The van der Waals surface area contributed by atoms with Gasteiger partial charge in [0.1, 0.15) is 48.3 Å². The van der Waals surface area contributed by atoms with Crippen LogP contribution in [0.4, 0.5) is 0 Å². The van der Waals surface area contributed by atoms with Gasteiger partial charge in [-0.25, -0.2) is 4.98 Å². The molecular weight excluding hydrogens is 1510 g/mol. The van der Waals surface area contributed by atoms with Crippen LogP contribution in [0.3, 0.4) is 0 Å². The highest BCUT2D eigenvalue weighted by molar-refractivity contribution is 7.98. The van der Waals surface area contributed by atoms with E-state index in [-0.39, 0.29) is 141 Å². The molecule has 2 aliphatic heterocycles. The molecule has 8 atom stereocenters. The number of benzene rings is 2. The van der Waals surface area contributed by atoms with Crippen LogP contribution in [0.1, 0.15) is 90.5 Å². The number of para-hydroxylation sites is 1. The molecule has 12 amide bonds. The van der Waals surface area contributed by atoms with Crippen molar-refractivity contribution in [3.05, 3.63) is 90.1 Å². The number of amides is 12. The number of carbonyl (C=O) groups is 15. The smallest absolute Gasteiger partial charge is 0.317 e. The van der Waals surface area contributed by atoms with Crippen molar-refractivity contribution in [1.82, 2.24) is 91.8 Å². The number of carboxylic acids is 3. The van der Waals surface area contributed by atoms with Gasteiger partial charge in [0.2, 0.25) is 70.9 Å². The predicted octanol–water partition coefficient (Wildman–Crippen LogP) is -3.16. The molecule has 2 fully saturated rings. The highest BCUT2D eigenvalue weighted by Crippen LogP contribution is 2.21. The van der Waals surface area contributed by atoms with Crippen LogP contribution in [0.2, 0.25) is 0 Å². The van der Waals surface area contributed by atoms with Crippen LogP contribution < -0.4 is 54.0 Å². The van der Waals surface area contributed by atoms with E-state index in [1.54, 1.807) is 95.6 Å². The number of H-pyrrole nitrogens is 2. The first-order valence-corrected chi connectivity index (χ1v) is 39.8. The molecule has 17 N–H and O–H groups in total. The molecule has 115 heavy (non-hydrogen) atoms. The summed E-state index contributed by atoms with van der Waals surface area (Å²) in [5, 5.41) is 51.5. The van der Waals surface area contributed by atoms with Crippen molar-refractivity contribution in [2.24, 2.45) is 23.3 Å². The lowest BCUT2D eigenvalue weighted by Gasteiger charge is -2.34. The summed E-state index contributed by atoms with van der Waals surface area (Å²) < 4.78 is 0. The van der Waals surface area contributed by atoms with Crippen molar-refractivity contribution in [3.8, 4) is 0 Å². The number of aromatic amines is 2. The van der Waals surface area contributed by atoms with Gasteiger partial charge < -0.3 is 89.1 Å². The molecule has 4 heterocycles. The van der Waals surface area contributed by atoms with E-state index in [9.17, 15) is 87.2 Å². The summed E-state index contributed by atoms with van der Waals surface area (Å²) in [6, 6.07) is 5.06. The second kappa shape index (κ2) is 46.7. The lowest BCUT2D eigenvalue weighted by Crippen LogP contribution is -2.60. The first kappa shape index (κ1) is 93.3. The van der Waals surface area contributed by atoms with Gasteiger partial charge in [0.05, 0.1) is 51.5 Å². The fourth-order valence-corrected chi connectivity index (χ4v) is 14.1. The Kier molecular flexibility index (Phi) is 37.8. The van der Waals surface area contributed by atoms with Crippen LogP contribution in [0.25, 0.3) is 10.9 Å². The number of thioether (sulfide) groups is 1. The van der Waals surface area contributed by atoms with Crippen molar-refractivity contribution < 1.29 is 87.2 Å². The molecule has 0 saturated carbocycles. The van der Waals surface area contributed by atoms with E-state index in [0.717, 1.165) is 4.90 Å². The Labute approximate surface area is 672 Å². The molecule has 2 aromatic carbocycles. The zero-order valence-corrected chi connectivity index (χ0v) is 67.4. The average molecular weight is 1630 g/mol. The third-order valence-electron chi connectivity index (χ3n) is 20.0. The molecule has 2 aliphatic rings. The zero-order valence-electron chi connectivity index (χ0n) is 66.6. The average Bonchev–Trinajstić information content (AvgIpc) is 1.37. The Morgan fingerprint density at radius 3 is 1.63 bits per heavy atom. The van der Waals surface area contributed by atoms with Gasteiger partial charge in [0, 0.05) is 133 Å². The number of nitrogens with one attached hydrogen (secondary N) is 10. The lowest BCUT2D eigenvalue weighted by atomic mass is 10.0. The summed E-state index contributed by atoms with van der Waals surface area (Å²) >= 11 is 1.27. The van der Waals surface area contributed by atoms with E-state index >= 15 is 0 Å². The molecule has 0 unspecified atom stereocenters. The van der Waals surface area contributed by atoms with Gasteiger partial charge in [-0.15, -0.1) is 11.8 Å². The number of carboxylic acid groups (broad SMARTS) is 3. The highest BCUT2D eigenvalue weighted by Gasteiger charge is 2.38. The number of rotatable bonds is 43. The molecule has 2 saturated heterocycles. The predicted molar refractivity (Wildman–Crippen MR) is 424 cm³/mol. The second-order valence-electron chi connectivity index (χ2n) is 29.9. The zero-order chi connectivity index (χ0) is 84.6. The number of imidazole rings is 1. The number of hydrogen-bond donors (Lipinski definition) is 15. The molecule has 39 heteroatoms. The van der Waals surface area contributed by atoms with Gasteiger partial charge in [-0.2, -0.15) is 0 Å². The fraction of sp³-hybridized carbons (Fsp3) is 0.579. The maximum atomic E-state index is 14.8. The van der Waals surface area contributed by atoms with Crippen molar-refractivity contribution in [1.29, 1.82) is 0 Å². The topological polar surface area (TPSA) is 532 Å². The Balaban J connectivity index is 1.11. The van der Waals surface area contributed by atoms with Crippen LogP contribution in [0.15, 0.2) is 73.3 Å². The number of aromatic nitrogens is 3. The Bertz CT molecular complexity index is 3920. The van der Waals surface area contributed by atoms with Gasteiger partial charge >= 0.3 is 17.9 Å². The molecule has 2 aromatic heterocycles. The maximum Gasteiger partial charge on any atom is 0.317 e. The number of aliphatic carboxylic acids is 3. The van der Waals surface area contributed by atoms with Crippen LogP contribution in [0, 0.1) is 11.8 Å². The van der Waals surface area contributed by atoms with Gasteiger partial charge in [-0.3, -0.25) is 96.4 Å². The van der Waals surface area contributed by atoms with Gasteiger partial charge in [-0.05, 0) is 74.8 Å². The molecule has 4 aromatic rings. The van der Waals surface area contributed by atoms with Gasteiger partial charge in [-0.1, -0.05) is 76.2 Å². The van der Waals surface area contributed by atoms with Gasteiger partial charge in [0.15, 0.2) is 0 Å². The van der Waals surface area contributed by atoms with Crippen molar-refractivity contribution >= 4 is 111 Å². The third kappa shape index (κ3) is 31.6. The van der Waals surface area contributed by atoms with E-state index < -0.39 is 150 Å². The molecule has 38 nitrogen and oxygen atoms in total. The van der Waals surface area contributed by atoms with E-state index in [1.807, 2.05) is 23.6 Å². The first-order valence-electron chi connectivity index (χ1n) is 38.4. The second-order valence-corrected chi connectivity index (χ2v) is 30.7. The number of fused-ring (bicyclic) bond motifs is 1. The minimum absolute atomic E-state index is 0.0620. The monoisotopic (exact) mass is 1630 g/mol. The number of likely N-dealkylation sites (N-methyl/N-ethyl adjacent to an activating group) is 1. The summed E-state index contributed by atoms with van der Waals surface area (Å²) in [4.78, 5) is 224. The molecule has 0 bridgehead atoms. The van der Waals surface area contributed by atoms with Crippen molar-refractivity contribution in [2.75, 3.05) is 124 Å². The van der Waals surface area contributed by atoms with E-state index in [1.165, 1.54) is 50.1 Å². The maximum absolute atomic E-state index is 14.8. The summed E-state index contributed by atoms with van der Waals surface area (Å²) in [5.74, 6) is -12.7. The number of likely N-dealkylation sites (tertiary alicyclic amines) is 1. The minimum Gasteiger partial charge on any atom is -0.480 e.